The molecule has 0 radical (unpaired) electrons. The van der Waals surface area contributed by atoms with Crippen LogP contribution in [-0.4, -0.2) is 16.4 Å². The number of hydrogen-bond acceptors (Lipinski definition) is 3. The van der Waals surface area contributed by atoms with E-state index in [-0.39, 0.29) is 17.9 Å². The van der Waals surface area contributed by atoms with Crippen LogP contribution >= 0.6 is 0 Å². The Morgan fingerprint density at radius 2 is 1.17 bits per heavy atom. The molecule has 0 unspecified atom stereocenters. The molecule has 5 N–H and O–H groups in total. The molecule has 0 bridgehead atoms. The van der Waals surface area contributed by atoms with Crippen LogP contribution in [0.15, 0.2) is 0 Å². The summed E-state index contributed by atoms with van der Waals surface area (Å²) in [7, 11) is 0. The van der Waals surface area contributed by atoms with Crippen LogP contribution in [0.1, 0.15) is 1.43 Å². The third-order valence-electron chi connectivity index (χ3n) is 0. The van der Waals surface area contributed by atoms with Gasteiger partial charge in [0.15, 0.2) is 0 Å². The van der Waals surface area contributed by atoms with Gasteiger partial charge in [0.25, 0.3) is 0 Å². The molecule has 0 spiro atoms. The summed E-state index contributed by atoms with van der Waals surface area (Å²) in [6.45, 7) is 0. The van der Waals surface area contributed by atoms with Gasteiger partial charge in [-0.25, -0.2) is 0 Å². The van der Waals surface area contributed by atoms with E-state index < -0.39 is 19.1 Å². The van der Waals surface area contributed by atoms with Gasteiger partial charge in [-0.05, 0) is 0 Å². The average Bonchev–Trinajstić information content (AvgIpc) is 0.918. The second-order valence-corrected chi connectivity index (χ2v) is 0.344. The molecule has 0 atom stereocenters. The van der Waals surface area contributed by atoms with Gasteiger partial charge in [-0.15, -0.1) is 0 Å². The van der Waals surface area contributed by atoms with Crippen molar-refractivity contribution in [2.24, 2.45) is 0 Å². The van der Waals surface area contributed by atoms with Crippen LogP contribution in [0.2, 0.25) is 0 Å². The summed E-state index contributed by atoms with van der Waals surface area (Å²) in [4.78, 5) is 0. The molecule has 5 nitrogen and oxygen atoms in total. The monoisotopic (exact) mass is 134 g/mol. The van der Waals surface area contributed by atoms with E-state index in [0.29, 0.717) is 0 Å². The summed E-state index contributed by atoms with van der Waals surface area (Å²) in [6.07, 6.45) is 0. The van der Waals surface area contributed by atoms with E-state index in [2.05, 4.69) is 0 Å². The first-order valence-electron chi connectivity index (χ1n) is 0.408. The van der Waals surface area contributed by atoms with Gasteiger partial charge in [0, 0.05) is 0 Å². The zero-order valence-corrected chi connectivity index (χ0v) is 4.33. The molecular formula is H6O5Ti. The van der Waals surface area contributed by atoms with Gasteiger partial charge in [0.1, 0.15) is 0 Å². The first-order valence-corrected chi connectivity index (χ1v) is 1.68. The SMILES string of the molecule is O.O.[H+].[OH-].[O]=[Ti]=[O]. The normalized spacial score (nSPS) is 1.33. The molecule has 0 saturated heterocycles. The van der Waals surface area contributed by atoms with Crippen molar-refractivity contribution >= 4 is 0 Å². The Balaban J connectivity index is -0.00000000333. The van der Waals surface area contributed by atoms with E-state index in [4.69, 9.17) is 6.65 Å². The van der Waals surface area contributed by atoms with Crippen LogP contribution in [0, 0.1) is 0 Å². The van der Waals surface area contributed by atoms with Gasteiger partial charge in [-0.3, -0.25) is 0 Å². The third-order valence-corrected chi connectivity index (χ3v) is 0. The molecule has 0 aromatic heterocycles. The molecule has 0 aliphatic rings. The van der Waals surface area contributed by atoms with E-state index in [1.54, 1.807) is 0 Å². The molecule has 0 aromatic carbocycles. The average molecular weight is 134 g/mol. The Morgan fingerprint density at radius 3 is 1.17 bits per heavy atom. The van der Waals surface area contributed by atoms with Gasteiger partial charge in [-0.1, -0.05) is 0 Å². The zero-order valence-electron chi connectivity index (χ0n) is 3.76. The second kappa shape index (κ2) is 64.1. The van der Waals surface area contributed by atoms with E-state index >= 15 is 0 Å². The fourth-order valence-corrected chi connectivity index (χ4v) is 0. The van der Waals surface area contributed by atoms with Gasteiger partial charge in [-0.2, -0.15) is 0 Å². The minimum atomic E-state index is -2.00. The Labute approximate surface area is 44.3 Å². The predicted octanol–water partition coefficient (Wildman–Crippen LogP) is -1.95. The van der Waals surface area contributed by atoms with Crippen molar-refractivity contribution in [1.29, 1.82) is 0 Å². The van der Waals surface area contributed by atoms with Crippen molar-refractivity contribution in [2.45, 2.75) is 0 Å². The first-order chi connectivity index (χ1) is 1.41. The Morgan fingerprint density at radius 1 is 1.17 bits per heavy atom. The summed E-state index contributed by atoms with van der Waals surface area (Å²) in [5, 5.41) is 0. The van der Waals surface area contributed by atoms with Crippen LogP contribution in [0.25, 0.3) is 0 Å². The third kappa shape index (κ3) is 1130. The summed E-state index contributed by atoms with van der Waals surface area (Å²) >= 11 is -2.00. The molecule has 0 amide bonds. The summed E-state index contributed by atoms with van der Waals surface area (Å²) in [5.74, 6) is 0. The van der Waals surface area contributed by atoms with Crippen LogP contribution in [0.5, 0.6) is 0 Å². The van der Waals surface area contributed by atoms with Gasteiger partial charge in [0.2, 0.25) is 0 Å². The van der Waals surface area contributed by atoms with Gasteiger partial charge >= 0.3 is 27.2 Å². The van der Waals surface area contributed by atoms with E-state index in [1.807, 2.05) is 0 Å². The molecule has 0 aliphatic heterocycles. The molecule has 40 valence electrons. The van der Waals surface area contributed by atoms with Crippen molar-refractivity contribution in [3.8, 4) is 0 Å². The molecule has 6 heteroatoms. The fraction of sp³-hybridized carbons (Fsp3) is 0. The standard InChI is InChI=1S/3H2O.2O.Ti/h3*1H2;;;. The second-order valence-electron chi connectivity index (χ2n) is 0.0833. The Kier molecular flexibility index (Phi) is 371. The van der Waals surface area contributed by atoms with Crippen LogP contribution < -0.4 is 0 Å². The van der Waals surface area contributed by atoms with Crippen molar-refractivity contribution in [1.82, 2.24) is 0 Å². The van der Waals surface area contributed by atoms with E-state index in [1.165, 1.54) is 0 Å². The first kappa shape index (κ1) is 34.7. The van der Waals surface area contributed by atoms with E-state index in [0.717, 1.165) is 0 Å². The molecule has 0 aromatic rings. The summed E-state index contributed by atoms with van der Waals surface area (Å²) in [6, 6.07) is 0. The zero-order chi connectivity index (χ0) is 2.71. The molecule has 0 rings (SSSR count). The number of hydrogen-bond donors (Lipinski definition) is 0. The fourth-order valence-electron chi connectivity index (χ4n) is 0. The molecule has 0 aliphatic carbocycles. The summed E-state index contributed by atoms with van der Waals surface area (Å²) < 4.78 is 17.0. The minimum absolute atomic E-state index is 0. The Hall–Kier alpha value is 0.194. The quantitative estimate of drug-likeness (QED) is 0.357. The summed E-state index contributed by atoms with van der Waals surface area (Å²) in [5.41, 5.74) is 0. The van der Waals surface area contributed by atoms with Crippen molar-refractivity contribution in [3.63, 3.8) is 0 Å². The van der Waals surface area contributed by atoms with Crippen LogP contribution in [0.4, 0.5) is 0 Å². The molecule has 0 fully saturated rings. The maximum atomic E-state index is 8.50. The topological polar surface area (TPSA) is 127 Å². The van der Waals surface area contributed by atoms with Crippen molar-refractivity contribution in [3.05, 3.63) is 0 Å². The van der Waals surface area contributed by atoms with Gasteiger partial charge in [0.05, 0.1) is 0 Å². The van der Waals surface area contributed by atoms with Crippen LogP contribution in [0.3, 0.4) is 0 Å². The van der Waals surface area contributed by atoms with Gasteiger partial charge < -0.3 is 16.4 Å². The van der Waals surface area contributed by atoms with Crippen molar-refractivity contribution < 1.29 is 43.6 Å². The van der Waals surface area contributed by atoms with Crippen LogP contribution in [-0.2, 0) is 25.7 Å². The van der Waals surface area contributed by atoms with E-state index in [9.17, 15) is 0 Å². The number of rotatable bonds is 0. The Bertz CT molecular complexity index is 29.1. The maximum absolute atomic E-state index is 8.50. The molecule has 0 heterocycles. The van der Waals surface area contributed by atoms with Crippen molar-refractivity contribution in [2.75, 3.05) is 0 Å². The molecular weight excluding hydrogens is 128 g/mol. The molecule has 0 saturated carbocycles. The predicted molar refractivity (Wildman–Crippen MR) is 11.6 cm³/mol. The molecule has 6 heavy (non-hydrogen) atoms.